The molecule has 3 N–H and O–H groups in total. The SMILES string of the molecule is NCc1ccc(S(=O)(=O)NC2CCS(=O)CC2)s1. The third kappa shape index (κ3) is 3.39. The quantitative estimate of drug-likeness (QED) is 0.842. The van der Waals surface area contributed by atoms with Gasteiger partial charge in [0.2, 0.25) is 10.0 Å². The molecule has 0 aromatic carbocycles. The molecule has 8 heteroatoms. The molecule has 0 spiro atoms. The van der Waals surface area contributed by atoms with Gasteiger partial charge in [-0.1, -0.05) is 0 Å². The minimum absolute atomic E-state index is 0.101. The monoisotopic (exact) mass is 308 g/mol. The van der Waals surface area contributed by atoms with E-state index < -0.39 is 20.8 Å². The molecule has 5 nitrogen and oxygen atoms in total. The Labute approximate surface area is 113 Å². The van der Waals surface area contributed by atoms with Crippen molar-refractivity contribution in [2.45, 2.75) is 29.6 Å². The van der Waals surface area contributed by atoms with E-state index in [-0.39, 0.29) is 6.04 Å². The highest BCUT2D eigenvalue weighted by molar-refractivity contribution is 7.91. The molecule has 0 aliphatic carbocycles. The minimum atomic E-state index is -3.45. The summed E-state index contributed by atoms with van der Waals surface area (Å²) in [6, 6.07) is 3.21. The molecule has 1 aliphatic heterocycles. The molecule has 102 valence electrons. The van der Waals surface area contributed by atoms with Crippen molar-refractivity contribution in [3.05, 3.63) is 17.0 Å². The maximum Gasteiger partial charge on any atom is 0.250 e. The topological polar surface area (TPSA) is 89.3 Å². The fourth-order valence-corrected chi connectivity index (χ4v) is 5.66. The fraction of sp³-hybridized carbons (Fsp3) is 0.600. The van der Waals surface area contributed by atoms with Crippen molar-refractivity contribution in [3.63, 3.8) is 0 Å². The second-order valence-corrected chi connectivity index (χ2v) is 8.97. The Morgan fingerprint density at radius 2 is 2.06 bits per heavy atom. The maximum absolute atomic E-state index is 12.1. The lowest BCUT2D eigenvalue weighted by atomic mass is 10.2. The van der Waals surface area contributed by atoms with E-state index in [1.807, 2.05) is 0 Å². The Morgan fingerprint density at radius 3 is 2.61 bits per heavy atom. The molecule has 1 aromatic heterocycles. The molecule has 0 saturated carbocycles. The zero-order valence-corrected chi connectivity index (χ0v) is 12.2. The summed E-state index contributed by atoms with van der Waals surface area (Å²) >= 11 is 1.19. The van der Waals surface area contributed by atoms with Gasteiger partial charge in [-0.05, 0) is 25.0 Å². The van der Waals surface area contributed by atoms with Crippen molar-refractivity contribution < 1.29 is 12.6 Å². The Morgan fingerprint density at radius 1 is 1.39 bits per heavy atom. The molecule has 0 amide bonds. The van der Waals surface area contributed by atoms with E-state index in [0.717, 1.165) is 4.88 Å². The van der Waals surface area contributed by atoms with Crippen LogP contribution in [0.4, 0.5) is 0 Å². The second kappa shape index (κ2) is 5.79. The van der Waals surface area contributed by atoms with Crippen LogP contribution in [0.5, 0.6) is 0 Å². The zero-order valence-electron chi connectivity index (χ0n) is 9.79. The van der Waals surface area contributed by atoms with E-state index in [9.17, 15) is 12.6 Å². The molecule has 0 bridgehead atoms. The molecule has 2 heterocycles. The third-order valence-electron chi connectivity index (χ3n) is 2.81. The molecule has 0 atom stereocenters. The van der Waals surface area contributed by atoms with Crippen LogP contribution in [0.25, 0.3) is 0 Å². The van der Waals surface area contributed by atoms with Gasteiger partial charge in [0.1, 0.15) is 4.21 Å². The lowest BCUT2D eigenvalue weighted by molar-refractivity contribution is 0.523. The first-order valence-electron chi connectivity index (χ1n) is 5.67. The summed E-state index contributed by atoms with van der Waals surface area (Å²) in [5.41, 5.74) is 5.47. The number of nitrogens with one attached hydrogen (secondary N) is 1. The lowest BCUT2D eigenvalue weighted by Gasteiger charge is -2.21. The van der Waals surface area contributed by atoms with Gasteiger partial charge in [0.05, 0.1) is 0 Å². The fourth-order valence-electron chi connectivity index (χ4n) is 1.80. The minimum Gasteiger partial charge on any atom is -0.326 e. The Kier molecular flexibility index (Phi) is 4.54. The Hall–Kier alpha value is -0.280. The molecular formula is C10H16N2O3S3. The van der Waals surface area contributed by atoms with E-state index in [1.54, 1.807) is 12.1 Å². The van der Waals surface area contributed by atoms with Gasteiger partial charge < -0.3 is 5.73 Å². The van der Waals surface area contributed by atoms with Crippen LogP contribution in [-0.4, -0.2) is 30.2 Å². The summed E-state index contributed by atoms with van der Waals surface area (Å²) in [4.78, 5) is 0.847. The van der Waals surface area contributed by atoms with E-state index in [4.69, 9.17) is 5.73 Å². The predicted molar refractivity (Wildman–Crippen MR) is 73.4 cm³/mol. The smallest absolute Gasteiger partial charge is 0.250 e. The summed E-state index contributed by atoms with van der Waals surface area (Å²) in [5.74, 6) is 1.15. The molecule has 0 radical (unpaired) electrons. The van der Waals surface area contributed by atoms with Crippen molar-refractivity contribution in [3.8, 4) is 0 Å². The second-order valence-electron chi connectivity index (χ2n) is 4.17. The van der Waals surface area contributed by atoms with Gasteiger partial charge in [-0.2, -0.15) is 0 Å². The van der Waals surface area contributed by atoms with Crippen LogP contribution in [0, 0.1) is 0 Å². The lowest BCUT2D eigenvalue weighted by Crippen LogP contribution is -2.39. The van der Waals surface area contributed by atoms with Crippen molar-refractivity contribution in [2.75, 3.05) is 11.5 Å². The van der Waals surface area contributed by atoms with Crippen LogP contribution < -0.4 is 10.5 Å². The average Bonchev–Trinajstić information content (AvgIpc) is 2.81. The maximum atomic E-state index is 12.1. The van der Waals surface area contributed by atoms with Gasteiger partial charge >= 0.3 is 0 Å². The molecule has 1 saturated heterocycles. The summed E-state index contributed by atoms with van der Waals surface area (Å²) in [6.45, 7) is 0.350. The normalized spacial score (nSPS) is 25.2. The number of hydrogen-bond acceptors (Lipinski definition) is 5. The molecular weight excluding hydrogens is 292 g/mol. The van der Waals surface area contributed by atoms with Gasteiger partial charge in [0.15, 0.2) is 0 Å². The number of sulfonamides is 1. The average molecular weight is 308 g/mol. The highest BCUT2D eigenvalue weighted by Crippen LogP contribution is 2.22. The van der Waals surface area contributed by atoms with Crippen LogP contribution in [0.15, 0.2) is 16.3 Å². The third-order valence-corrected chi connectivity index (χ3v) is 7.31. The number of nitrogens with two attached hydrogens (primary N) is 1. The van der Waals surface area contributed by atoms with Crippen LogP contribution in [0.3, 0.4) is 0 Å². The van der Waals surface area contributed by atoms with Crippen LogP contribution >= 0.6 is 11.3 Å². The van der Waals surface area contributed by atoms with Crippen molar-refractivity contribution >= 4 is 32.2 Å². The van der Waals surface area contributed by atoms with Crippen molar-refractivity contribution in [2.24, 2.45) is 5.73 Å². The van der Waals surface area contributed by atoms with Gasteiger partial charge in [-0.15, -0.1) is 11.3 Å². The highest BCUT2D eigenvalue weighted by Gasteiger charge is 2.24. The van der Waals surface area contributed by atoms with E-state index in [0.29, 0.717) is 35.1 Å². The van der Waals surface area contributed by atoms with Crippen LogP contribution in [0.2, 0.25) is 0 Å². The van der Waals surface area contributed by atoms with E-state index in [1.165, 1.54) is 11.3 Å². The van der Waals surface area contributed by atoms with Crippen LogP contribution in [0.1, 0.15) is 17.7 Å². The Balaban J connectivity index is 2.05. The summed E-state index contributed by atoms with van der Waals surface area (Å²) in [6.07, 6.45) is 1.28. The summed E-state index contributed by atoms with van der Waals surface area (Å²) < 4.78 is 38.4. The molecule has 1 aliphatic rings. The molecule has 0 unspecified atom stereocenters. The highest BCUT2D eigenvalue weighted by atomic mass is 32.2. The van der Waals surface area contributed by atoms with Crippen molar-refractivity contribution in [1.82, 2.24) is 4.72 Å². The van der Waals surface area contributed by atoms with E-state index >= 15 is 0 Å². The first kappa shape index (κ1) is 14.1. The number of thiophene rings is 1. The largest absolute Gasteiger partial charge is 0.326 e. The first-order valence-corrected chi connectivity index (χ1v) is 9.46. The van der Waals surface area contributed by atoms with Gasteiger partial charge in [-0.25, -0.2) is 13.1 Å². The predicted octanol–water partition coefficient (Wildman–Crippen LogP) is 0.396. The van der Waals surface area contributed by atoms with Crippen LogP contribution in [-0.2, 0) is 27.4 Å². The van der Waals surface area contributed by atoms with Gasteiger partial charge in [-0.3, -0.25) is 4.21 Å². The molecule has 1 fully saturated rings. The zero-order chi connectivity index (χ0) is 13.2. The standard InChI is InChI=1S/C10H16N2O3S3/c11-7-9-1-2-10(16-9)18(14,15)12-8-3-5-17(13)6-4-8/h1-2,8,12H,3-7,11H2. The molecule has 1 aromatic rings. The van der Waals surface area contributed by atoms with Gasteiger partial charge in [0.25, 0.3) is 0 Å². The number of rotatable bonds is 4. The number of hydrogen-bond donors (Lipinski definition) is 2. The summed E-state index contributed by atoms with van der Waals surface area (Å²) in [5, 5.41) is 0. The van der Waals surface area contributed by atoms with E-state index in [2.05, 4.69) is 4.72 Å². The first-order chi connectivity index (χ1) is 8.51. The summed E-state index contributed by atoms with van der Waals surface area (Å²) in [7, 11) is -4.23. The molecule has 2 rings (SSSR count). The van der Waals surface area contributed by atoms with Gasteiger partial charge in [0, 0.05) is 39.8 Å². The van der Waals surface area contributed by atoms with Crippen molar-refractivity contribution in [1.29, 1.82) is 0 Å². The Bertz CT molecular complexity index is 528. The molecule has 18 heavy (non-hydrogen) atoms.